The van der Waals surface area contributed by atoms with Gasteiger partial charge in [0, 0.05) is 5.92 Å². The van der Waals surface area contributed by atoms with Gasteiger partial charge in [-0.25, -0.2) is 0 Å². The number of quaternary nitrogens is 1. The third-order valence-corrected chi connectivity index (χ3v) is 11.7. The van der Waals surface area contributed by atoms with Crippen LogP contribution < -0.4 is 5.02 Å². The van der Waals surface area contributed by atoms with E-state index in [0.29, 0.717) is 0 Å². The van der Waals surface area contributed by atoms with E-state index in [2.05, 4.69) is 34.6 Å². The monoisotopic (exact) mass is 756 g/mol. The number of benzene rings is 3. The molecule has 0 amide bonds. The molecule has 5 heteroatoms. The number of hydrogen-bond acceptors (Lipinski definition) is 3. The Kier molecular flexibility index (Phi) is 27.2. The lowest BCUT2D eigenvalue weighted by Crippen LogP contribution is -2.50. The molecule has 0 aliphatic carbocycles. The summed E-state index contributed by atoms with van der Waals surface area (Å²) in [6.07, 6.45) is 29.5. The Bertz CT molecular complexity index is 1170. The number of rotatable bonds is 31. The van der Waals surface area contributed by atoms with Crippen molar-refractivity contribution in [2.45, 2.75) is 181 Å². The summed E-state index contributed by atoms with van der Waals surface area (Å²) in [6, 6.07) is 29.3. The number of nitrogens with zero attached hydrogens (tertiary/aromatic N) is 1. The summed E-state index contributed by atoms with van der Waals surface area (Å²) in [5, 5.41) is 21.6. The zero-order chi connectivity index (χ0) is 39.9. The summed E-state index contributed by atoms with van der Waals surface area (Å²) in [4.78, 5) is 0. The van der Waals surface area contributed by atoms with Crippen molar-refractivity contribution in [3.8, 4) is 0 Å². The van der Waals surface area contributed by atoms with E-state index in [1.165, 1.54) is 159 Å². The van der Waals surface area contributed by atoms with Crippen LogP contribution in [-0.2, 0) is 10.3 Å². The lowest BCUT2D eigenvalue weighted by Gasteiger charge is -2.44. The maximum atomic E-state index is 11.9. The van der Waals surface area contributed by atoms with E-state index in [1.54, 1.807) is 0 Å². The van der Waals surface area contributed by atoms with Crippen LogP contribution in [0.15, 0.2) is 91.0 Å². The van der Waals surface area contributed by atoms with Crippen molar-refractivity contribution in [1.82, 2.24) is 0 Å². The molecule has 1 atom stereocenters. The molecule has 3 aromatic carbocycles. The Morgan fingerprint density at radius 2 is 0.800 bits per heavy atom. The van der Waals surface area contributed by atoms with Crippen molar-refractivity contribution < 1.29 is 19.2 Å². The van der Waals surface area contributed by atoms with Crippen molar-refractivity contribution in [2.24, 2.45) is 0 Å². The van der Waals surface area contributed by atoms with Crippen LogP contribution in [0.2, 0.25) is 0 Å². The lowest BCUT2D eigenvalue weighted by atomic mass is 9.71. The van der Waals surface area contributed by atoms with Crippen LogP contribution in [0, 0.1) is 0 Å². The maximum Gasteiger partial charge on any atom is 0.343 e. The SMILES string of the molecule is CCC(c1ccccc1)C(OB([O-])O)(c1ccccc1)c1ccccc1.CCCCCCC[N+](CCCCCCC)(CCCCCCC)CCCCCCC. The molecule has 1 unspecified atom stereocenters. The molecule has 0 saturated carbocycles. The van der Waals surface area contributed by atoms with E-state index in [1.807, 2.05) is 91.0 Å². The summed E-state index contributed by atoms with van der Waals surface area (Å²) < 4.78 is 7.29. The Morgan fingerprint density at radius 1 is 0.491 bits per heavy atom. The van der Waals surface area contributed by atoms with Gasteiger partial charge in [-0.1, -0.05) is 203 Å². The molecular weight excluding hydrogens is 673 g/mol. The standard InChI is InChI=1S/C28H60N.C22H22BO3/c1-5-9-13-17-21-25-29(26-22-18-14-10-6-2,27-23-19-15-11-7-3)28-24-20-16-12-8-4;1-2-21(18-12-6-3-7-13-18)22(26-23(24)25,19-14-8-4-9-15-19)20-16-10-5-11-17-20/h5-28H2,1-4H3;3-17,21,24H,2H2,1H3/q+1;-1. The Morgan fingerprint density at radius 3 is 1.09 bits per heavy atom. The van der Waals surface area contributed by atoms with Crippen molar-refractivity contribution in [1.29, 1.82) is 0 Å². The van der Waals surface area contributed by atoms with E-state index in [9.17, 15) is 10.0 Å². The molecule has 0 fully saturated rings. The van der Waals surface area contributed by atoms with Crippen LogP contribution >= 0.6 is 0 Å². The van der Waals surface area contributed by atoms with Crippen LogP contribution in [-0.4, -0.2) is 43.0 Å². The quantitative estimate of drug-likeness (QED) is 0.0404. The third kappa shape index (κ3) is 18.6. The summed E-state index contributed by atoms with van der Waals surface area (Å²) in [5.74, 6) is -0.142. The van der Waals surface area contributed by atoms with E-state index in [4.69, 9.17) is 4.65 Å². The first-order chi connectivity index (χ1) is 26.9. The van der Waals surface area contributed by atoms with Gasteiger partial charge < -0.3 is 19.2 Å². The Labute approximate surface area is 340 Å². The zero-order valence-corrected chi connectivity index (χ0v) is 36.2. The average Bonchev–Trinajstić information content (AvgIpc) is 3.21. The molecule has 0 heterocycles. The molecule has 0 radical (unpaired) electrons. The van der Waals surface area contributed by atoms with E-state index < -0.39 is 12.9 Å². The van der Waals surface area contributed by atoms with Gasteiger partial charge in [-0.05, 0) is 74.5 Å². The van der Waals surface area contributed by atoms with Crippen LogP contribution in [0.25, 0.3) is 0 Å². The van der Waals surface area contributed by atoms with E-state index in [-0.39, 0.29) is 5.92 Å². The van der Waals surface area contributed by atoms with Gasteiger partial charge in [-0.3, -0.25) is 0 Å². The number of unbranched alkanes of at least 4 members (excludes halogenated alkanes) is 16. The molecule has 0 saturated heterocycles. The topological polar surface area (TPSA) is 52.5 Å². The molecular formula is C50H82BNO3. The summed E-state index contributed by atoms with van der Waals surface area (Å²) in [5.41, 5.74) is 1.66. The summed E-state index contributed by atoms with van der Waals surface area (Å²) >= 11 is 0. The van der Waals surface area contributed by atoms with Crippen molar-refractivity contribution in [3.63, 3.8) is 0 Å². The fraction of sp³-hybridized carbons (Fsp3) is 0.640. The fourth-order valence-corrected chi connectivity index (χ4v) is 8.63. The van der Waals surface area contributed by atoms with E-state index in [0.717, 1.165) is 23.1 Å². The number of hydrogen-bond donors (Lipinski definition) is 1. The van der Waals surface area contributed by atoms with Gasteiger partial charge >= 0.3 is 7.32 Å². The first-order valence-electron chi connectivity index (χ1n) is 23.0. The highest BCUT2D eigenvalue weighted by Crippen LogP contribution is 2.47. The molecule has 1 N–H and O–H groups in total. The van der Waals surface area contributed by atoms with Crippen molar-refractivity contribution in [2.75, 3.05) is 26.2 Å². The molecule has 0 spiro atoms. The van der Waals surface area contributed by atoms with Crippen LogP contribution in [0.5, 0.6) is 0 Å². The van der Waals surface area contributed by atoms with Gasteiger partial charge in [0.2, 0.25) is 0 Å². The van der Waals surface area contributed by atoms with Gasteiger partial charge in [0.05, 0.1) is 26.2 Å². The first-order valence-corrected chi connectivity index (χ1v) is 23.0. The minimum absolute atomic E-state index is 0.142. The predicted octanol–water partition coefficient (Wildman–Crippen LogP) is 13.2. The largest absolute Gasteiger partial charge is 0.832 e. The Balaban J connectivity index is 0.000000381. The highest BCUT2D eigenvalue weighted by atomic mass is 16.6. The summed E-state index contributed by atoms with van der Waals surface area (Å²) in [6.45, 7) is 17.3. The Hall–Kier alpha value is -2.44. The molecule has 55 heavy (non-hydrogen) atoms. The third-order valence-electron chi connectivity index (χ3n) is 11.7. The molecule has 0 aliphatic heterocycles. The molecule has 3 aromatic rings. The van der Waals surface area contributed by atoms with Gasteiger partial charge in [-0.2, -0.15) is 0 Å². The van der Waals surface area contributed by atoms with Crippen molar-refractivity contribution >= 4 is 7.32 Å². The minimum atomic E-state index is -2.15. The van der Waals surface area contributed by atoms with Gasteiger partial charge in [0.25, 0.3) is 0 Å². The fourth-order valence-electron chi connectivity index (χ4n) is 8.63. The second kappa shape index (κ2) is 30.7. The van der Waals surface area contributed by atoms with Gasteiger partial charge in [0.15, 0.2) is 0 Å². The van der Waals surface area contributed by atoms with Crippen molar-refractivity contribution in [3.05, 3.63) is 108 Å². The highest BCUT2D eigenvalue weighted by molar-refractivity contribution is 6.30. The molecule has 0 aromatic heterocycles. The molecule has 308 valence electrons. The average molecular weight is 756 g/mol. The smallest absolute Gasteiger partial charge is 0.343 e. The predicted molar refractivity (Wildman–Crippen MR) is 237 cm³/mol. The lowest BCUT2D eigenvalue weighted by molar-refractivity contribution is -0.929. The second-order valence-electron chi connectivity index (χ2n) is 16.2. The molecule has 0 bridgehead atoms. The van der Waals surface area contributed by atoms with Crippen LogP contribution in [0.3, 0.4) is 0 Å². The normalized spacial score (nSPS) is 12.3. The second-order valence-corrected chi connectivity index (χ2v) is 16.2. The van der Waals surface area contributed by atoms with Crippen LogP contribution in [0.1, 0.15) is 192 Å². The van der Waals surface area contributed by atoms with Gasteiger partial charge in [0.1, 0.15) is 5.60 Å². The highest BCUT2D eigenvalue weighted by Gasteiger charge is 2.43. The minimum Gasteiger partial charge on any atom is -0.832 e. The zero-order valence-electron chi connectivity index (χ0n) is 36.2. The molecule has 3 rings (SSSR count). The molecule has 0 aliphatic rings. The summed E-state index contributed by atoms with van der Waals surface area (Å²) in [7, 11) is -2.15. The van der Waals surface area contributed by atoms with Gasteiger partial charge in [-0.15, -0.1) is 0 Å². The van der Waals surface area contributed by atoms with Crippen LogP contribution in [0.4, 0.5) is 0 Å². The maximum absolute atomic E-state index is 11.9. The van der Waals surface area contributed by atoms with E-state index >= 15 is 0 Å². The first kappa shape index (κ1) is 48.7. The molecule has 4 nitrogen and oxygen atoms in total.